The number of hydrogen-bond acceptors (Lipinski definition) is 6. The predicted molar refractivity (Wildman–Crippen MR) is 126 cm³/mol. The van der Waals surface area contributed by atoms with E-state index in [2.05, 4.69) is 10.5 Å². The maximum atomic E-state index is 13.1. The Kier molecular flexibility index (Phi) is 9.04. The molecule has 170 valence electrons. The van der Waals surface area contributed by atoms with E-state index in [1.54, 1.807) is 24.3 Å². The number of amides is 2. The molecule has 0 saturated carbocycles. The van der Waals surface area contributed by atoms with Gasteiger partial charge in [-0.05, 0) is 30.3 Å². The summed E-state index contributed by atoms with van der Waals surface area (Å²) in [4.78, 5) is 34.9. The van der Waals surface area contributed by atoms with Crippen LogP contribution >= 0.6 is 23.2 Å². The topological polar surface area (TPSA) is 124 Å². The van der Waals surface area contributed by atoms with E-state index in [0.717, 1.165) is 0 Å². The van der Waals surface area contributed by atoms with Crippen LogP contribution in [-0.2, 0) is 0 Å². The average molecular weight is 480 g/mol. The van der Waals surface area contributed by atoms with Crippen LogP contribution in [0.25, 0.3) is 11.0 Å². The lowest BCUT2D eigenvalue weighted by Gasteiger charge is -2.09. The van der Waals surface area contributed by atoms with E-state index in [1.165, 1.54) is 12.1 Å². The number of ketones is 1. The number of benzene rings is 2. The molecule has 2 aromatic carbocycles. The summed E-state index contributed by atoms with van der Waals surface area (Å²) < 4.78 is 11.4. The lowest BCUT2D eigenvalue weighted by atomic mass is 10.1. The van der Waals surface area contributed by atoms with E-state index >= 15 is 0 Å². The van der Waals surface area contributed by atoms with Gasteiger partial charge >= 0.3 is 6.03 Å². The number of nitrogens with zero attached hydrogens (tertiary/aromatic N) is 1. The summed E-state index contributed by atoms with van der Waals surface area (Å²) in [7, 11) is 0. The highest BCUT2D eigenvalue weighted by molar-refractivity contribution is 6.37. The molecular formula is C22H23Cl2N3O5. The van der Waals surface area contributed by atoms with E-state index in [4.69, 9.17) is 38.1 Å². The monoisotopic (exact) mass is 479 g/mol. The number of primary amides is 1. The number of ether oxygens (including phenoxy) is 1. The Hall–Kier alpha value is -3.10. The fourth-order valence-corrected chi connectivity index (χ4v) is 3.16. The van der Waals surface area contributed by atoms with E-state index < -0.39 is 11.8 Å². The van der Waals surface area contributed by atoms with Crippen molar-refractivity contribution >= 4 is 51.7 Å². The minimum atomic E-state index is -0.862. The van der Waals surface area contributed by atoms with Crippen LogP contribution in [0.5, 0.6) is 5.75 Å². The molecule has 0 aliphatic rings. The molecule has 0 aliphatic carbocycles. The van der Waals surface area contributed by atoms with Crippen molar-refractivity contribution < 1.29 is 18.7 Å². The third-order valence-electron chi connectivity index (χ3n) is 4.21. The standard InChI is InChI=1S/C20H17Cl2N3O5.C2H6/c1-10(8-24-28)9-29-12-3-4-13-16(7-12)30-19(17(13)25-20(23)27)18(26)14-6-11(21)2-5-15(14)22;1-2/h2-7,10H,8-9H2,1H3,(H3,23,25,27);1-2H3. The molecule has 2 amide bonds. The van der Waals surface area contributed by atoms with Crippen molar-refractivity contribution in [3.05, 3.63) is 62.7 Å². The molecule has 0 aliphatic heterocycles. The largest absolute Gasteiger partial charge is 0.493 e. The van der Waals surface area contributed by atoms with Gasteiger partial charge < -0.3 is 20.2 Å². The van der Waals surface area contributed by atoms with Crippen molar-refractivity contribution in [2.45, 2.75) is 20.8 Å². The molecule has 0 radical (unpaired) electrons. The number of carbonyl (C=O) groups is 2. The third kappa shape index (κ3) is 5.99. The fourth-order valence-electron chi connectivity index (χ4n) is 2.79. The number of urea groups is 1. The van der Waals surface area contributed by atoms with Gasteiger partial charge in [-0.25, -0.2) is 4.79 Å². The number of anilines is 1. The molecule has 10 heteroatoms. The molecule has 1 heterocycles. The van der Waals surface area contributed by atoms with Crippen molar-refractivity contribution in [1.29, 1.82) is 0 Å². The summed E-state index contributed by atoms with van der Waals surface area (Å²) in [6.07, 6.45) is 0. The van der Waals surface area contributed by atoms with E-state index in [-0.39, 0.29) is 41.1 Å². The number of hydrogen-bond donors (Lipinski definition) is 2. The first-order valence-electron chi connectivity index (χ1n) is 9.84. The average Bonchev–Trinajstić information content (AvgIpc) is 3.12. The number of carbonyl (C=O) groups excluding carboxylic acids is 2. The van der Waals surface area contributed by atoms with Crippen molar-refractivity contribution in [1.82, 2.24) is 0 Å². The van der Waals surface area contributed by atoms with Gasteiger partial charge in [0.1, 0.15) is 17.0 Å². The predicted octanol–water partition coefficient (Wildman–Crippen LogP) is 6.27. The summed E-state index contributed by atoms with van der Waals surface area (Å²) in [5.41, 5.74) is 5.78. The van der Waals surface area contributed by atoms with E-state index in [0.29, 0.717) is 21.7 Å². The van der Waals surface area contributed by atoms with Gasteiger partial charge in [0.15, 0.2) is 5.76 Å². The molecule has 0 spiro atoms. The molecule has 0 saturated heterocycles. The third-order valence-corrected chi connectivity index (χ3v) is 4.77. The van der Waals surface area contributed by atoms with Gasteiger partial charge in [-0.1, -0.05) is 49.1 Å². The molecule has 3 rings (SSSR count). The molecule has 1 atom stereocenters. The summed E-state index contributed by atoms with van der Waals surface area (Å²) in [6, 6.07) is 8.42. The zero-order valence-corrected chi connectivity index (χ0v) is 19.3. The minimum Gasteiger partial charge on any atom is -0.493 e. The molecule has 3 N–H and O–H groups in total. The number of rotatable bonds is 8. The van der Waals surface area contributed by atoms with Gasteiger partial charge in [-0.15, -0.1) is 0 Å². The van der Waals surface area contributed by atoms with Crippen LogP contribution in [0.15, 0.2) is 46.0 Å². The summed E-state index contributed by atoms with van der Waals surface area (Å²) in [6.45, 7) is 6.23. The van der Waals surface area contributed by atoms with Crippen molar-refractivity contribution in [2.75, 3.05) is 18.5 Å². The van der Waals surface area contributed by atoms with Gasteiger partial charge in [0, 0.05) is 28.0 Å². The quantitative estimate of drug-likeness (QED) is 0.291. The maximum Gasteiger partial charge on any atom is 0.316 e. The van der Waals surface area contributed by atoms with Gasteiger partial charge in [-0.2, -0.15) is 4.91 Å². The second-order valence-corrected chi connectivity index (χ2v) is 7.48. The smallest absolute Gasteiger partial charge is 0.316 e. The van der Waals surface area contributed by atoms with Gasteiger partial charge in [0.2, 0.25) is 5.78 Å². The Morgan fingerprint density at radius 1 is 1.19 bits per heavy atom. The number of furan rings is 1. The Labute approximate surface area is 195 Å². The Morgan fingerprint density at radius 3 is 2.56 bits per heavy atom. The van der Waals surface area contributed by atoms with Crippen LogP contribution in [0.1, 0.15) is 36.9 Å². The molecule has 1 aromatic heterocycles. The number of fused-ring (bicyclic) bond motifs is 1. The lowest BCUT2D eigenvalue weighted by Crippen LogP contribution is -2.20. The highest BCUT2D eigenvalue weighted by Gasteiger charge is 2.25. The van der Waals surface area contributed by atoms with Gasteiger partial charge in [0.05, 0.1) is 18.2 Å². The van der Waals surface area contributed by atoms with Crippen LogP contribution in [-0.4, -0.2) is 25.0 Å². The first-order chi connectivity index (χ1) is 15.3. The summed E-state index contributed by atoms with van der Waals surface area (Å²) >= 11 is 12.1. The molecule has 1 unspecified atom stereocenters. The SMILES string of the molecule is CC.CC(CN=O)COc1ccc2c(NC(N)=O)c(C(=O)c3cc(Cl)ccc3Cl)oc2c1. The first kappa shape index (κ1) is 25.2. The normalized spacial score (nSPS) is 11.3. The van der Waals surface area contributed by atoms with Crippen LogP contribution in [0, 0.1) is 10.8 Å². The van der Waals surface area contributed by atoms with Crippen LogP contribution in [0.4, 0.5) is 10.5 Å². The van der Waals surface area contributed by atoms with Gasteiger partial charge in [0.25, 0.3) is 0 Å². The molecule has 3 aromatic rings. The number of halogens is 2. The van der Waals surface area contributed by atoms with Crippen LogP contribution in [0.2, 0.25) is 10.0 Å². The second kappa shape index (κ2) is 11.5. The van der Waals surface area contributed by atoms with Crippen LogP contribution < -0.4 is 15.8 Å². The zero-order chi connectivity index (χ0) is 23.8. The van der Waals surface area contributed by atoms with Crippen LogP contribution in [0.3, 0.4) is 0 Å². The molecule has 8 nitrogen and oxygen atoms in total. The Morgan fingerprint density at radius 2 is 1.91 bits per heavy atom. The Bertz CT molecular complexity index is 1130. The molecule has 0 bridgehead atoms. The Balaban J connectivity index is 0.00000176. The number of nitroso groups, excluding NO2 is 1. The highest BCUT2D eigenvalue weighted by Crippen LogP contribution is 2.36. The second-order valence-electron chi connectivity index (χ2n) is 6.63. The zero-order valence-electron chi connectivity index (χ0n) is 17.8. The number of nitrogens with two attached hydrogens (primary N) is 1. The minimum absolute atomic E-state index is 0.0657. The lowest BCUT2D eigenvalue weighted by molar-refractivity contribution is 0.101. The van der Waals surface area contributed by atoms with Gasteiger partial charge in [-0.3, -0.25) is 4.79 Å². The van der Waals surface area contributed by atoms with Crippen molar-refractivity contribution in [2.24, 2.45) is 16.8 Å². The first-order valence-corrected chi connectivity index (χ1v) is 10.6. The number of nitrogens with one attached hydrogen (secondary N) is 1. The molecular weight excluding hydrogens is 457 g/mol. The van der Waals surface area contributed by atoms with E-state index in [1.807, 2.05) is 20.8 Å². The molecule has 0 fully saturated rings. The highest BCUT2D eigenvalue weighted by atomic mass is 35.5. The molecule has 32 heavy (non-hydrogen) atoms. The maximum absolute atomic E-state index is 13.1. The fraction of sp³-hybridized carbons (Fsp3) is 0.273. The summed E-state index contributed by atoms with van der Waals surface area (Å²) in [5, 5.41) is 6.22. The summed E-state index contributed by atoms with van der Waals surface area (Å²) in [5.74, 6) is -0.331. The van der Waals surface area contributed by atoms with Crippen molar-refractivity contribution in [3.63, 3.8) is 0 Å². The van der Waals surface area contributed by atoms with Crippen molar-refractivity contribution in [3.8, 4) is 5.75 Å². The van der Waals surface area contributed by atoms with E-state index in [9.17, 15) is 14.5 Å².